The molecule has 0 fully saturated rings. The minimum Gasteiger partial charge on any atom is -0.309 e. The zero-order valence-electron chi connectivity index (χ0n) is 41.0. The average Bonchev–Trinajstić information content (AvgIpc) is 3.74. The van der Waals surface area contributed by atoms with Gasteiger partial charge >= 0.3 is 0 Å². The summed E-state index contributed by atoms with van der Waals surface area (Å²) < 4.78 is 109. The van der Waals surface area contributed by atoms with Crippen LogP contribution in [0.2, 0.25) is 0 Å². The molecule has 10 rings (SSSR count). The predicted octanol–water partition coefficient (Wildman–Crippen LogP) is 13.0. The molecule has 0 unspecified atom stereocenters. The number of benzene rings is 8. The molecule has 10 aromatic rings. The van der Waals surface area contributed by atoms with Crippen LogP contribution in [-0.2, 0) is 0 Å². The van der Waals surface area contributed by atoms with Gasteiger partial charge in [-0.15, -0.1) is 0 Å². The van der Waals surface area contributed by atoms with Gasteiger partial charge in [0, 0.05) is 33.0 Å². The van der Waals surface area contributed by atoms with E-state index in [0.29, 0.717) is 39.9 Å². The van der Waals surface area contributed by atoms with Gasteiger partial charge in [0.1, 0.15) is 0 Å². The van der Waals surface area contributed by atoms with Crippen molar-refractivity contribution < 1.29 is 16.4 Å². The Morgan fingerprint density at radius 2 is 0.927 bits per heavy atom. The van der Waals surface area contributed by atoms with Gasteiger partial charge in [0.25, 0.3) is 0 Å². The van der Waals surface area contributed by atoms with Gasteiger partial charge in [-0.1, -0.05) is 164 Å². The van der Waals surface area contributed by atoms with Crippen LogP contribution in [0.5, 0.6) is 0 Å². The summed E-state index contributed by atoms with van der Waals surface area (Å²) in [7, 11) is 0. The number of hydrogen-bond acceptors (Lipinski definition) is 3. The lowest BCUT2D eigenvalue weighted by Gasteiger charge is -2.17. The fourth-order valence-electron chi connectivity index (χ4n) is 6.79. The Morgan fingerprint density at radius 1 is 0.364 bits per heavy atom. The van der Waals surface area contributed by atoms with E-state index >= 15 is 0 Å². The molecule has 8 aromatic carbocycles. The van der Waals surface area contributed by atoms with Gasteiger partial charge in [-0.2, -0.15) is 0 Å². The van der Waals surface area contributed by atoms with Gasteiger partial charge in [0.2, 0.25) is 0 Å². The average molecular weight is 715 g/mol. The molecule has 0 spiro atoms. The van der Waals surface area contributed by atoms with Crippen molar-refractivity contribution in [2.24, 2.45) is 0 Å². The molecule has 2 heterocycles. The van der Waals surface area contributed by atoms with Crippen molar-refractivity contribution in [1.29, 1.82) is 0 Å². The van der Waals surface area contributed by atoms with Crippen LogP contribution in [0.15, 0.2) is 206 Å². The first-order valence-electron chi connectivity index (χ1n) is 23.6. The molecule has 0 aliphatic heterocycles. The maximum absolute atomic E-state index is 9.69. The largest absolute Gasteiger partial charge is 0.309 e. The molecule has 2 aromatic heterocycles. The fourth-order valence-corrected chi connectivity index (χ4v) is 6.79. The highest BCUT2D eigenvalue weighted by Gasteiger charge is 2.19. The molecule has 0 saturated heterocycles. The van der Waals surface area contributed by atoms with Crippen LogP contribution in [0.3, 0.4) is 0 Å². The van der Waals surface area contributed by atoms with Crippen molar-refractivity contribution >= 4 is 21.8 Å². The maximum Gasteiger partial charge on any atom is 0.164 e. The Bertz CT molecular complexity index is 3570. The second-order valence-corrected chi connectivity index (χ2v) is 12.7. The first-order chi connectivity index (χ1) is 32.3. The number of hydrogen-bond donors (Lipinski definition) is 0. The Morgan fingerprint density at radius 3 is 1.62 bits per heavy atom. The topological polar surface area (TPSA) is 43.6 Å². The van der Waals surface area contributed by atoms with Gasteiger partial charge < -0.3 is 4.57 Å². The van der Waals surface area contributed by atoms with Gasteiger partial charge in [-0.3, -0.25) is 0 Å². The van der Waals surface area contributed by atoms with Crippen LogP contribution < -0.4 is 0 Å². The third-order valence-electron chi connectivity index (χ3n) is 9.38. The summed E-state index contributed by atoms with van der Waals surface area (Å²) in [6.07, 6.45) is 0. The summed E-state index contributed by atoms with van der Waals surface area (Å²) in [5.41, 5.74) is 4.25. The zero-order valence-corrected chi connectivity index (χ0v) is 29.0. The summed E-state index contributed by atoms with van der Waals surface area (Å²) >= 11 is 0. The lowest BCUT2D eigenvalue weighted by Crippen LogP contribution is -2.02. The molecule has 4 nitrogen and oxygen atoms in total. The summed E-state index contributed by atoms with van der Waals surface area (Å²) in [6.45, 7) is 0. The van der Waals surface area contributed by atoms with E-state index in [9.17, 15) is 6.85 Å². The van der Waals surface area contributed by atoms with E-state index in [2.05, 4.69) is 0 Å². The highest BCUT2D eigenvalue weighted by Crippen LogP contribution is 2.40. The lowest BCUT2D eigenvalue weighted by atomic mass is 9.96. The van der Waals surface area contributed by atoms with E-state index in [0.717, 1.165) is 22.3 Å². The number of aromatic nitrogens is 4. The fraction of sp³-hybridized carbons (Fsp3) is 0. The van der Waals surface area contributed by atoms with Gasteiger partial charge in [0.05, 0.1) is 33.2 Å². The smallest absolute Gasteiger partial charge is 0.164 e. The number of fused-ring (bicyclic) bond motifs is 3. The van der Waals surface area contributed by atoms with Gasteiger partial charge in [0.15, 0.2) is 17.5 Å². The molecule has 0 N–H and O–H groups in total. The molecule has 55 heavy (non-hydrogen) atoms. The molecule has 0 bridgehead atoms. The Hall–Kier alpha value is -7.43. The van der Waals surface area contributed by atoms with Crippen molar-refractivity contribution in [1.82, 2.24) is 19.5 Å². The third-order valence-corrected chi connectivity index (χ3v) is 9.38. The Kier molecular flexibility index (Phi) is 5.52. The Balaban J connectivity index is 1.33. The van der Waals surface area contributed by atoms with Crippen molar-refractivity contribution in [3.8, 4) is 73.2 Å². The van der Waals surface area contributed by atoms with Crippen molar-refractivity contribution in [2.75, 3.05) is 0 Å². The summed E-state index contributed by atoms with van der Waals surface area (Å²) in [5, 5.41) is -0.297. The van der Waals surface area contributed by atoms with Crippen molar-refractivity contribution in [2.45, 2.75) is 0 Å². The maximum atomic E-state index is 9.69. The van der Waals surface area contributed by atoms with Crippen molar-refractivity contribution in [3.63, 3.8) is 0 Å². The normalized spacial score (nSPS) is 14.3. The van der Waals surface area contributed by atoms with Crippen LogP contribution in [0.1, 0.15) is 16.4 Å². The number of para-hydroxylation sites is 1. The monoisotopic (exact) mass is 714 g/mol. The minimum atomic E-state index is -0.696. The standard InChI is InChI=1S/C51H34N4/c1-5-16-35(17-6-1)39-24-15-25-41(32-39)44-34-42(51-53-49(37-20-9-3-10-21-37)52-50(54-51)38-22-11-4-12-23-38)29-31-47(44)55-46-27-14-13-26-43(46)45-33-40(28-30-48(45)55)36-18-7-2-8-19-36/h1-34H/i2D,7D,8D,13D,14D,18D,19D,26D,27D,28D,30D,33D. The summed E-state index contributed by atoms with van der Waals surface area (Å²) in [6, 6.07) is 34.5. The van der Waals surface area contributed by atoms with Gasteiger partial charge in [-0.05, 0) is 70.2 Å². The molecule has 0 radical (unpaired) electrons. The second kappa shape index (κ2) is 13.8. The molecule has 258 valence electrons. The van der Waals surface area contributed by atoms with Crippen molar-refractivity contribution in [3.05, 3.63) is 206 Å². The summed E-state index contributed by atoms with van der Waals surface area (Å²) in [5.74, 6) is 1.19. The van der Waals surface area contributed by atoms with Crippen LogP contribution >= 0.6 is 0 Å². The molecule has 0 aliphatic carbocycles. The molecule has 0 atom stereocenters. The number of nitrogens with zero attached hydrogens (tertiary/aromatic N) is 4. The molecule has 4 heteroatoms. The number of rotatable bonds is 7. The van der Waals surface area contributed by atoms with E-state index in [-0.39, 0.29) is 21.8 Å². The highest BCUT2D eigenvalue weighted by atomic mass is 15.0. The summed E-state index contributed by atoms with van der Waals surface area (Å²) in [4.78, 5) is 14.8. The Labute approximate surface area is 336 Å². The van der Waals surface area contributed by atoms with Crippen LogP contribution in [0, 0.1) is 0 Å². The molecule has 0 saturated carbocycles. The molecular formula is C51H34N4. The first-order valence-corrected chi connectivity index (χ1v) is 17.6. The van der Waals surface area contributed by atoms with Gasteiger partial charge in [-0.25, -0.2) is 15.0 Å². The minimum absolute atomic E-state index is 0.0910. The van der Waals surface area contributed by atoms with E-state index < -0.39 is 83.6 Å². The van der Waals surface area contributed by atoms with E-state index in [4.69, 9.17) is 24.5 Å². The quantitative estimate of drug-likeness (QED) is 0.165. The SMILES string of the molecule is [2H]c1c([2H])c([2H])c(-c2c([2H])c([2H])c3c(c2[2H])c2c([2H])c([2H])c([2H])c([2H])c2n3-c2ccc(-c3nc(-c4ccccc4)nc(-c4ccccc4)n3)cc2-c2cccc(-c3ccccc3)c2)c([2H])c1[2H]. The molecular weight excluding hydrogens is 669 g/mol. The lowest BCUT2D eigenvalue weighted by molar-refractivity contribution is 1.07. The van der Waals surface area contributed by atoms with Crippen LogP contribution in [0.4, 0.5) is 0 Å². The second-order valence-electron chi connectivity index (χ2n) is 12.7. The predicted molar refractivity (Wildman–Crippen MR) is 227 cm³/mol. The molecule has 0 aliphatic rings. The third kappa shape index (κ3) is 6.06. The highest BCUT2D eigenvalue weighted by molar-refractivity contribution is 6.11. The van der Waals surface area contributed by atoms with Crippen LogP contribution in [-0.4, -0.2) is 19.5 Å². The van der Waals surface area contributed by atoms with E-state index in [1.807, 2.05) is 121 Å². The first kappa shape index (κ1) is 21.9. The van der Waals surface area contributed by atoms with E-state index in [1.54, 1.807) is 12.1 Å². The van der Waals surface area contributed by atoms with E-state index in [1.165, 1.54) is 4.57 Å². The van der Waals surface area contributed by atoms with Crippen LogP contribution in [0.25, 0.3) is 95.0 Å². The molecule has 0 amide bonds. The zero-order chi connectivity index (χ0) is 47.0.